The van der Waals surface area contributed by atoms with Gasteiger partial charge in [0.15, 0.2) is 0 Å². The number of amides is 2. The van der Waals surface area contributed by atoms with Gasteiger partial charge in [-0.1, -0.05) is 0 Å². The number of hydrogen-bond acceptors (Lipinski definition) is 3. The van der Waals surface area contributed by atoms with Crippen LogP contribution in [0.4, 0.5) is 10.5 Å². The minimum absolute atomic E-state index is 0.461. The lowest BCUT2D eigenvalue weighted by molar-refractivity contribution is -0.150. The highest BCUT2D eigenvalue weighted by Crippen LogP contribution is 2.30. The lowest BCUT2D eigenvalue weighted by Gasteiger charge is -2.38. The summed E-state index contributed by atoms with van der Waals surface area (Å²) in [6.45, 7) is 10.1. The summed E-state index contributed by atoms with van der Waals surface area (Å²) >= 11 is 0. The molecule has 0 aliphatic heterocycles. The van der Waals surface area contributed by atoms with Crippen molar-refractivity contribution in [2.24, 2.45) is 5.41 Å². The van der Waals surface area contributed by atoms with Crippen LogP contribution in [0.1, 0.15) is 39.1 Å². The van der Waals surface area contributed by atoms with Crippen LogP contribution >= 0.6 is 0 Å². The number of carbonyl (C=O) groups excluding carboxylic acids is 1. The molecule has 1 aromatic rings. The van der Waals surface area contributed by atoms with Gasteiger partial charge in [-0.15, -0.1) is 0 Å². The number of aromatic amines is 1. The van der Waals surface area contributed by atoms with Crippen molar-refractivity contribution in [3.63, 3.8) is 0 Å². The molecule has 4 N–H and O–H groups in total. The maximum atomic E-state index is 12.0. The molecule has 7 heteroatoms. The van der Waals surface area contributed by atoms with E-state index < -0.39 is 23.0 Å². The summed E-state index contributed by atoms with van der Waals surface area (Å²) in [4.78, 5) is 23.3. The first-order valence-electron chi connectivity index (χ1n) is 6.33. The number of H-pyrrole nitrogens is 1. The molecule has 1 aromatic heterocycles. The summed E-state index contributed by atoms with van der Waals surface area (Å²) in [5, 5.41) is 21.4. The Hall–Kier alpha value is -2.05. The van der Waals surface area contributed by atoms with E-state index in [1.54, 1.807) is 41.5 Å². The highest BCUT2D eigenvalue weighted by molar-refractivity contribution is 5.91. The first-order valence-corrected chi connectivity index (χ1v) is 6.33. The number of carbonyl (C=O) groups is 2. The van der Waals surface area contributed by atoms with Crippen LogP contribution < -0.4 is 10.6 Å². The number of aryl methyl sites for hydroxylation is 2. The van der Waals surface area contributed by atoms with Gasteiger partial charge in [-0.25, -0.2) is 4.79 Å². The Kier molecular flexibility index (Phi) is 4.12. The van der Waals surface area contributed by atoms with Crippen LogP contribution in [0.25, 0.3) is 0 Å². The maximum absolute atomic E-state index is 12.0. The van der Waals surface area contributed by atoms with Gasteiger partial charge in [0.2, 0.25) is 0 Å². The number of carboxylic acids is 1. The van der Waals surface area contributed by atoms with Crippen molar-refractivity contribution >= 4 is 17.7 Å². The molecule has 0 saturated heterocycles. The zero-order chi connectivity index (χ0) is 15.7. The average Bonchev–Trinajstić information content (AvgIpc) is 2.59. The zero-order valence-electron chi connectivity index (χ0n) is 12.7. The van der Waals surface area contributed by atoms with Gasteiger partial charge in [0.25, 0.3) is 0 Å². The zero-order valence-corrected chi connectivity index (χ0v) is 12.7. The van der Waals surface area contributed by atoms with Crippen LogP contribution in [0.2, 0.25) is 0 Å². The minimum atomic E-state index is -1.11. The van der Waals surface area contributed by atoms with Crippen LogP contribution in [0.15, 0.2) is 0 Å². The lowest BCUT2D eigenvalue weighted by Crippen LogP contribution is -2.57. The summed E-state index contributed by atoms with van der Waals surface area (Å²) in [7, 11) is 0. The molecule has 0 radical (unpaired) electrons. The van der Waals surface area contributed by atoms with Gasteiger partial charge >= 0.3 is 12.0 Å². The predicted octanol–water partition coefficient (Wildman–Crippen LogP) is 2.04. The largest absolute Gasteiger partial charge is 0.481 e. The van der Waals surface area contributed by atoms with E-state index in [2.05, 4.69) is 20.8 Å². The number of nitrogens with zero attached hydrogens (tertiary/aromatic N) is 1. The normalized spacial score (nSPS) is 12.1. The summed E-state index contributed by atoms with van der Waals surface area (Å²) in [6.07, 6.45) is 0. The highest BCUT2D eigenvalue weighted by Gasteiger charge is 2.44. The first-order chi connectivity index (χ1) is 8.99. The van der Waals surface area contributed by atoms with E-state index >= 15 is 0 Å². The van der Waals surface area contributed by atoms with E-state index in [4.69, 9.17) is 0 Å². The van der Waals surface area contributed by atoms with Crippen LogP contribution in [-0.4, -0.2) is 32.8 Å². The van der Waals surface area contributed by atoms with Crippen LogP contribution in [0, 0.1) is 19.3 Å². The van der Waals surface area contributed by atoms with E-state index in [0.717, 1.165) is 5.69 Å². The Morgan fingerprint density at radius 2 is 1.75 bits per heavy atom. The molecule has 0 bridgehead atoms. The Morgan fingerprint density at radius 3 is 2.15 bits per heavy atom. The molecule has 1 heterocycles. The van der Waals surface area contributed by atoms with Crippen molar-refractivity contribution in [3.05, 3.63) is 11.4 Å². The first kappa shape index (κ1) is 16.0. The molecule has 1 rings (SSSR count). The Labute approximate surface area is 118 Å². The van der Waals surface area contributed by atoms with Crippen molar-refractivity contribution in [2.75, 3.05) is 5.32 Å². The molecule has 0 fully saturated rings. The number of anilines is 1. The van der Waals surface area contributed by atoms with Gasteiger partial charge in [0.05, 0.1) is 28.0 Å². The fraction of sp³-hybridized carbons (Fsp3) is 0.615. The number of hydrogen-bond donors (Lipinski definition) is 4. The maximum Gasteiger partial charge on any atom is 0.319 e. The molecule has 112 valence electrons. The predicted molar refractivity (Wildman–Crippen MR) is 75.7 cm³/mol. The number of rotatable bonds is 4. The van der Waals surface area contributed by atoms with E-state index in [9.17, 15) is 14.7 Å². The molecule has 0 aromatic carbocycles. The Balaban J connectivity index is 2.83. The monoisotopic (exact) mass is 282 g/mol. The van der Waals surface area contributed by atoms with Gasteiger partial charge in [0.1, 0.15) is 0 Å². The molecular formula is C13H22N4O3. The van der Waals surface area contributed by atoms with Gasteiger partial charge in [-0.2, -0.15) is 5.10 Å². The highest BCUT2D eigenvalue weighted by atomic mass is 16.4. The number of aliphatic carboxylic acids is 1. The molecule has 0 spiro atoms. The number of carboxylic acid groups (broad SMARTS) is 1. The Morgan fingerprint density at radius 1 is 1.20 bits per heavy atom. The standard InChI is InChI=1S/C13H22N4O3/c1-7-9(8(2)17-16-7)14-11(20)15-13(5,6)12(3,4)10(18)19/h1-6H3,(H,16,17)(H,18,19)(H2,14,15,20). The molecular weight excluding hydrogens is 260 g/mol. The quantitative estimate of drug-likeness (QED) is 0.677. The third-order valence-electron chi connectivity index (χ3n) is 3.89. The Bertz CT molecular complexity index is 512. The van der Waals surface area contributed by atoms with Crippen LogP contribution in [0.3, 0.4) is 0 Å². The second-order valence-electron chi connectivity index (χ2n) is 5.94. The summed E-state index contributed by atoms with van der Waals surface area (Å²) in [5.41, 5.74) is -0.00781. The number of urea groups is 1. The van der Waals surface area contributed by atoms with Gasteiger partial charge < -0.3 is 15.7 Å². The van der Waals surface area contributed by atoms with Gasteiger partial charge in [-0.05, 0) is 41.5 Å². The molecule has 0 unspecified atom stereocenters. The smallest absolute Gasteiger partial charge is 0.319 e. The molecule has 0 aliphatic rings. The van der Waals surface area contributed by atoms with Crippen molar-refractivity contribution in [1.82, 2.24) is 15.5 Å². The number of nitrogens with one attached hydrogen (secondary N) is 3. The summed E-state index contributed by atoms with van der Waals surface area (Å²) < 4.78 is 0. The van der Waals surface area contributed by atoms with E-state index in [0.29, 0.717) is 11.4 Å². The van der Waals surface area contributed by atoms with Gasteiger partial charge in [-0.3, -0.25) is 9.89 Å². The molecule has 7 nitrogen and oxygen atoms in total. The van der Waals surface area contributed by atoms with Crippen molar-refractivity contribution in [3.8, 4) is 0 Å². The molecule has 0 aliphatic carbocycles. The molecule has 0 atom stereocenters. The molecule has 2 amide bonds. The fourth-order valence-corrected chi connectivity index (χ4v) is 1.59. The number of aromatic nitrogens is 2. The molecule has 0 saturated carbocycles. The average molecular weight is 282 g/mol. The van der Waals surface area contributed by atoms with Crippen molar-refractivity contribution < 1.29 is 14.7 Å². The summed E-state index contributed by atoms with van der Waals surface area (Å²) in [6, 6.07) is -0.461. The second-order valence-corrected chi connectivity index (χ2v) is 5.94. The third kappa shape index (κ3) is 2.92. The van der Waals surface area contributed by atoms with Gasteiger partial charge in [0, 0.05) is 0 Å². The topological polar surface area (TPSA) is 107 Å². The van der Waals surface area contributed by atoms with E-state index in [1.165, 1.54) is 0 Å². The fourth-order valence-electron chi connectivity index (χ4n) is 1.59. The lowest BCUT2D eigenvalue weighted by atomic mass is 9.74. The van der Waals surface area contributed by atoms with Crippen LogP contribution in [0.5, 0.6) is 0 Å². The second kappa shape index (κ2) is 5.15. The van der Waals surface area contributed by atoms with E-state index in [-0.39, 0.29) is 0 Å². The summed E-state index contributed by atoms with van der Waals surface area (Å²) in [5.74, 6) is -0.974. The van der Waals surface area contributed by atoms with E-state index in [1.807, 2.05) is 0 Å². The third-order valence-corrected chi connectivity index (χ3v) is 3.89. The minimum Gasteiger partial charge on any atom is -0.481 e. The van der Waals surface area contributed by atoms with Crippen molar-refractivity contribution in [1.29, 1.82) is 0 Å². The van der Waals surface area contributed by atoms with Crippen molar-refractivity contribution in [2.45, 2.75) is 47.1 Å². The SMILES string of the molecule is Cc1n[nH]c(C)c1NC(=O)NC(C)(C)C(C)(C)C(=O)O. The van der Waals surface area contributed by atoms with Crippen LogP contribution in [-0.2, 0) is 4.79 Å². The molecule has 20 heavy (non-hydrogen) atoms.